The minimum absolute atomic E-state index is 0.132. The van der Waals surface area contributed by atoms with Crippen LogP contribution in [-0.4, -0.2) is 48.4 Å². The summed E-state index contributed by atoms with van der Waals surface area (Å²) in [6.07, 6.45) is 3.98. The fourth-order valence-corrected chi connectivity index (χ4v) is 2.67. The molecule has 0 aliphatic carbocycles. The third-order valence-corrected chi connectivity index (χ3v) is 3.66. The van der Waals surface area contributed by atoms with Gasteiger partial charge in [-0.1, -0.05) is 13.3 Å². The Balaban J connectivity index is 1.91. The molecule has 0 radical (unpaired) electrons. The molecule has 0 aromatic heterocycles. The summed E-state index contributed by atoms with van der Waals surface area (Å²) >= 11 is 0. The van der Waals surface area contributed by atoms with E-state index in [0.29, 0.717) is 12.5 Å². The quantitative estimate of drug-likeness (QED) is 0.671. The van der Waals surface area contributed by atoms with Gasteiger partial charge in [-0.05, 0) is 25.9 Å². The van der Waals surface area contributed by atoms with E-state index in [-0.39, 0.29) is 17.9 Å². The summed E-state index contributed by atoms with van der Waals surface area (Å²) in [6.45, 7) is 4.78. The van der Waals surface area contributed by atoms with Crippen molar-refractivity contribution in [3.05, 3.63) is 0 Å². The molecule has 0 aromatic rings. The number of hydrogen-bond acceptors (Lipinski definition) is 4. The molecular formula is C12H21N3O2. The molecule has 2 aliphatic rings. The Kier molecular flexibility index (Phi) is 4.12. The van der Waals surface area contributed by atoms with Crippen LogP contribution >= 0.6 is 0 Å². The van der Waals surface area contributed by atoms with Crippen LogP contribution in [0.2, 0.25) is 0 Å². The summed E-state index contributed by atoms with van der Waals surface area (Å²) in [5.41, 5.74) is 0. The van der Waals surface area contributed by atoms with Crippen molar-refractivity contribution in [2.45, 2.75) is 44.7 Å². The Morgan fingerprint density at radius 3 is 2.71 bits per heavy atom. The Morgan fingerprint density at radius 2 is 2.18 bits per heavy atom. The van der Waals surface area contributed by atoms with E-state index in [1.165, 1.54) is 19.3 Å². The van der Waals surface area contributed by atoms with Crippen molar-refractivity contribution in [2.24, 2.45) is 0 Å². The number of nitrogens with zero attached hydrogens (tertiary/aromatic N) is 1. The summed E-state index contributed by atoms with van der Waals surface area (Å²) in [7, 11) is 0. The molecule has 2 N–H and O–H groups in total. The van der Waals surface area contributed by atoms with Gasteiger partial charge >= 0.3 is 0 Å². The van der Waals surface area contributed by atoms with Gasteiger partial charge in [0.05, 0.1) is 12.5 Å². The van der Waals surface area contributed by atoms with Crippen molar-refractivity contribution in [2.75, 3.05) is 19.6 Å². The first-order chi connectivity index (χ1) is 8.20. The number of imide groups is 1. The molecule has 17 heavy (non-hydrogen) atoms. The maximum absolute atomic E-state index is 11.6. The molecule has 0 spiro atoms. The number of nitrogens with one attached hydrogen (secondary N) is 2. The molecule has 2 saturated heterocycles. The van der Waals surface area contributed by atoms with Crippen LogP contribution in [0.25, 0.3) is 0 Å². The van der Waals surface area contributed by atoms with Gasteiger partial charge in [0.15, 0.2) is 0 Å². The van der Waals surface area contributed by atoms with Crippen LogP contribution in [-0.2, 0) is 9.59 Å². The van der Waals surface area contributed by atoms with Crippen LogP contribution in [0.4, 0.5) is 0 Å². The summed E-state index contributed by atoms with van der Waals surface area (Å²) in [4.78, 5) is 24.9. The molecule has 2 heterocycles. The molecule has 0 bridgehead atoms. The van der Waals surface area contributed by atoms with Crippen LogP contribution in [0.3, 0.4) is 0 Å². The Labute approximate surface area is 102 Å². The van der Waals surface area contributed by atoms with Gasteiger partial charge in [-0.25, -0.2) is 0 Å². The minimum atomic E-state index is -0.253. The average molecular weight is 239 g/mol. The van der Waals surface area contributed by atoms with Gasteiger partial charge in [0.1, 0.15) is 0 Å². The van der Waals surface area contributed by atoms with Crippen LogP contribution in [0.15, 0.2) is 0 Å². The lowest BCUT2D eigenvalue weighted by molar-refractivity contribution is -0.126. The Hall–Kier alpha value is -0.940. The summed E-state index contributed by atoms with van der Waals surface area (Å²) in [5, 5.41) is 5.85. The third kappa shape index (κ3) is 3.04. The van der Waals surface area contributed by atoms with Gasteiger partial charge in [0.25, 0.3) is 0 Å². The molecule has 0 aromatic carbocycles. The monoisotopic (exact) mass is 239 g/mol. The summed E-state index contributed by atoms with van der Waals surface area (Å²) < 4.78 is 0. The van der Waals surface area contributed by atoms with E-state index in [0.717, 1.165) is 19.6 Å². The first-order valence-corrected chi connectivity index (χ1v) is 6.52. The van der Waals surface area contributed by atoms with Gasteiger partial charge in [-0.3, -0.25) is 19.8 Å². The number of hydrogen-bond donors (Lipinski definition) is 2. The van der Waals surface area contributed by atoms with Crippen molar-refractivity contribution in [3.8, 4) is 0 Å². The molecule has 0 saturated carbocycles. The van der Waals surface area contributed by atoms with Crippen LogP contribution in [0.1, 0.15) is 32.6 Å². The smallest absolute Gasteiger partial charge is 0.244 e. The normalized spacial score (nSPS) is 29.8. The lowest BCUT2D eigenvalue weighted by Gasteiger charge is -2.32. The zero-order chi connectivity index (χ0) is 12.3. The molecule has 96 valence electrons. The van der Waals surface area contributed by atoms with Gasteiger partial charge < -0.3 is 5.32 Å². The summed E-state index contributed by atoms with van der Waals surface area (Å²) in [6, 6.07) is 0.212. The molecule has 2 rings (SSSR count). The maximum atomic E-state index is 11.6. The highest BCUT2D eigenvalue weighted by Gasteiger charge is 2.35. The number of carbonyl (C=O) groups excluding carboxylic acids is 2. The van der Waals surface area contributed by atoms with Gasteiger partial charge in [0, 0.05) is 12.6 Å². The van der Waals surface area contributed by atoms with E-state index in [9.17, 15) is 9.59 Å². The van der Waals surface area contributed by atoms with Gasteiger partial charge in [-0.15, -0.1) is 0 Å². The topological polar surface area (TPSA) is 61.4 Å². The zero-order valence-electron chi connectivity index (χ0n) is 10.4. The van der Waals surface area contributed by atoms with Gasteiger partial charge in [0.2, 0.25) is 11.8 Å². The molecule has 2 amide bonds. The molecule has 5 nitrogen and oxygen atoms in total. The fourth-order valence-electron chi connectivity index (χ4n) is 2.67. The molecular weight excluding hydrogens is 218 g/mol. The standard InChI is InChI=1S/C12H21N3O2/c1-2-15(8-9-5-3-4-6-13-9)10-7-11(16)14-12(10)17/h9-10,13H,2-8H2,1H3,(H,14,16,17). The van der Waals surface area contributed by atoms with Gasteiger partial charge in [-0.2, -0.15) is 0 Å². The fraction of sp³-hybridized carbons (Fsp3) is 0.833. The van der Waals surface area contributed by atoms with Crippen LogP contribution in [0.5, 0.6) is 0 Å². The van der Waals surface area contributed by atoms with Crippen LogP contribution in [0, 0.1) is 0 Å². The van der Waals surface area contributed by atoms with E-state index in [2.05, 4.69) is 15.5 Å². The zero-order valence-corrected chi connectivity index (χ0v) is 10.4. The molecule has 2 aliphatic heterocycles. The highest BCUT2D eigenvalue weighted by Crippen LogP contribution is 2.14. The molecule has 2 unspecified atom stereocenters. The second-order valence-corrected chi connectivity index (χ2v) is 4.87. The van der Waals surface area contributed by atoms with E-state index < -0.39 is 0 Å². The number of carbonyl (C=O) groups is 2. The van der Waals surface area contributed by atoms with Crippen LogP contribution < -0.4 is 10.6 Å². The van der Waals surface area contributed by atoms with E-state index >= 15 is 0 Å². The SMILES string of the molecule is CCN(CC1CCCCN1)C1CC(=O)NC1=O. The second kappa shape index (κ2) is 5.60. The van der Waals surface area contributed by atoms with Crippen molar-refractivity contribution >= 4 is 11.8 Å². The van der Waals surface area contributed by atoms with E-state index in [4.69, 9.17) is 0 Å². The van der Waals surface area contributed by atoms with E-state index in [1.807, 2.05) is 6.92 Å². The predicted molar refractivity (Wildman–Crippen MR) is 64.4 cm³/mol. The van der Waals surface area contributed by atoms with Crippen molar-refractivity contribution in [1.29, 1.82) is 0 Å². The van der Waals surface area contributed by atoms with Crippen molar-refractivity contribution < 1.29 is 9.59 Å². The third-order valence-electron chi connectivity index (χ3n) is 3.66. The largest absolute Gasteiger partial charge is 0.313 e. The Morgan fingerprint density at radius 1 is 1.35 bits per heavy atom. The minimum Gasteiger partial charge on any atom is -0.313 e. The number of amides is 2. The van der Waals surface area contributed by atoms with Crippen molar-refractivity contribution in [3.63, 3.8) is 0 Å². The summed E-state index contributed by atoms with van der Waals surface area (Å²) in [5.74, 6) is -0.275. The number of piperidine rings is 1. The number of rotatable bonds is 4. The highest BCUT2D eigenvalue weighted by molar-refractivity contribution is 6.05. The second-order valence-electron chi connectivity index (χ2n) is 4.87. The van der Waals surface area contributed by atoms with E-state index in [1.54, 1.807) is 0 Å². The highest BCUT2D eigenvalue weighted by atomic mass is 16.2. The number of likely N-dealkylation sites (N-methyl/N-ethyl adjacent to an activating group) is 1. The molecule has 2 fully saturated rings. The molecule has 5 heteroatoms. The average Bonchev–Trinajstić information content (AvgIpc) is 2.67. The first kappa shape index (κ1) is 12.5. The Bertz CT molecular complexity index is 300. The lowest BCUT2D eigenvalue weighted by Crippen LogP contribution is -2.49. The van der Waals surface area contributed by atoms with Crippen molar-refractivity contribution in [1.82, 2.24) is 15.5 Å². The lowest BCUT2D eigenvalue weighted by atomic mass is 10.0. The first-order valence-electron chi connectivity index (χ1n) is 6.52. The predicted octanol–water partition coefficient (Wildman–Crippen LogP) is -0.134. The molecule has 2 atom stereocenters. The maximum Gasteiger partial charge on any atom is 0.244 e.